The number of carbonyl (C=O) groups is 3. The van der Waals surface area contributed by atoms with Crippen LogP contribution in [0, 0.1) is 0 Å². The number of hydrogen-bond donors (Lipinski definition) is 0. The Morgan fingerprint density at radius 1 is 0.290 bits per heavy atom. The van der Waals surface area contributed by atoms with Gasteiger partial charge in [0.1, 0.15) is 13.2 Å². The highest BCUT2D eigenvalue weighted by molar-refractivity contribution is 5.71. The SMILES string of the molecule is CCC/C=C\C/C=C\CCCCCCCC(=O)OCC(COC(=O)CCCCCCCCCC/C=C\C/C=C\C/C=C\CCCCCCC)OC(=O)CCCCCCC/C=C\C/C=C\CCCCC. The van der Waals surface area contributed by atoms with Gasteiger partial charge in [0.25, 0.3) is 0 Å². The van der Waals surface area contributed by atoms with Gasteiger partial charge in [0, 0.05) is 19.3 Å². The number of rotatable bonds is 52. The minimum Gasteiger partial charge on any atom is -0.462 e. The van der Waals surface area contributed by atoms with Crippen LogP contribution in [0.25, 0.3) is 0 Å². The van der Waals surface area contributed by atoms with E-state index in [-0.39, 0.29) is 31.1 Å². The molecule has 0 rings (SSSR count). The fourth-order valence-corrected chi connectivity index (χ4v) is 7.93. The van der Waals surface area contributed by atoms with Crippen LogP contribution in [0.1, 0.15) is 278 Å². The molecule has 0 aromatic rings. The van der Waals surface area contributed by atoms with Crippen LogP contribution in [0.3, 0.4) is 0 Å². The Balaban J connectivity index is 4.37. The molecule has 0 N–H and O–H groups in total. The molecule has 0 aromatic heterocycles. The molecule has 0 amide bonds. The average molecular weight is 962 g/mol. The van der Waals surface area contributed by atoms with Gasteiger partial charge < -0.3 is 14.2 Å². The standard InChI is InChI=1S/C63H108O6/c1-4-7-10-13-16-19-22-25-27-28-29-30-31-32-33-34-36-38-41-44-47-50-53-56-62(65)68-59-60(58-67-61(64)55-52-49-46-43-40-37-24-21-18-15-12-9-6-3)69-63(66)57-54-51-48-45-42-39-35-26-23-20-17-14-11-8-5-2/h12,15,17,20-22,24-26,28-29,31-32,35,60H,4-11,13-14,16,18-19,23,27,30,33-34,36-59H2,1-3H3/b15-12-,20-17-,24-21-,25-22-,29-28-,32-31-,35-26-. The van der Waals surface area contributed by atoms with Crippen LogP contribution >= 0.6 is 0 Å². The predicted molar refractivity (Wildman–Crippen MR) is 297 cm³/mol. The average Bonchev–Trinajstić information content (AvgIpc) is 3.35. The van der Waals surface area contributed by atoms with Gasteiger partial charge in [-0.15, -0.1) is 0 Å². The predicted octanol–water partition coefficient (Wildman–Crippen LogP) is 19.5. The third kappa shape index (κ3) is 55.4. The maximum atomic E-state index is 12.8. The molecule has 0 fully saturated rings. The summed E-state index contributed by atoms with van der Waals surface area (Å²) in [6.07, 6.45) is 74.3. The quantitative estimate of drug-likeness (QED) is 0.0262. The Morgan fingerprint density at radius 3 is 0.899 bits per heavy atom. The van der Waals surface area contributed by atoms with Crippen molar-refractivity contribution in [2.75, 3.05) is 13.2 Å². The molecule has 6 nitrogen and oxygen atoms in total. The van der Waals surface area contributed by atoms with Crippen LogP contribution < -0.4 is 0 Å². The molecule has 0 saturated carbocycles. The van der Waals surface area contributed by atoms with Crippen molar-refractivity contribution in [3.63, 3.8) is 0 Å². The van der Waals surface area contributed by atoms with Crippen LogP contribution in [0.15, 0.2) is 85.1 Å². The zero-order valence-corrected chi connectivity index (χ0v) is 45.3. The number of hydrogen-bond acceptors (Lipinski definition) is 6. The summed E-state index contributed by atoms with van der Waals surface area (Å²) in [5, 5.41) is 0. The topological polar surface area (TPSA) is 78.9 Å². The Bertz CT molecular complexity index is 1330. The molecule has 69 heavy (non-hydrogen) atoms. The first-order valence-electron chi connectivity index (χ1n) is 29.1. The second-order valence-electron chi connectivity index (χ2n) is 19.2. The number of ether oxygens (including phenoxy) is 3. The molecule has 6 heteroatoms. The number of allylic oxidation sites excluding steroid dienone is 14. The molecule has 0 radical (unpaired) electrons. The molecule has 0 heterocycles. The molecule has 396 valence electrons. The van der Waals surface area contributed by atoms with Gasteiger partial charge in [0.15, 0.2) is 6.10 Å². The maximum absolute atomic E-state index is 12.8. The van der Waals surface area contributed by atoms with Gasteiger partial charge in [-0.05, 0) is 116 Å². The van der Waals surface area contributed by atoms with Gasteiger partial charge in [0.2, 0.25) is 0 Å². The summed E-state index contributed by atoms with van der Waals surface area (Å²) in [5.74, 6) is -0.922. The first kappa shape index (κ1) is 65.6. The van der Waals surface area contributed by atoms with Crippen LogP contribution in [-0.4, -0.2) is 37.2 Å². The van der Waals surface area contributed by atoms with E-state index >= 15 is 0 Å². The zero-order valence-electron chi connectivity index (χ0n) is 45.3. The lowest BCUT2D eigenvalue weighted by Crippen LogP contribution is -2.30. The summed E-state index contributed by atoms with van der Waals surface area (Å²) in [6.45, 7) is 6.52. The van der Waals surface area contributed by atoms with Gasteiger partial charge >= 0.3 is 17.9 Å². The molecule has 1 unspecified atom stereocenters. The van der Waals surface area contributed by atoms with Gasteiger partial charge in [0.05, 0.1) is 0 Å². The van der Waals surface area contributed by atoms with Crippen molar-refractivity contribution >= 4 is 17.9 Å². The van der Waals surface area contributed by atoms with Crippen molar-refractivity contribution in [1.82, 2.24) is 0 Å². The molecule has 0 aliphatic heterocycles. The Morgan fingerprint density at radius 2 is 0.551 bits per heavy atom. The molecule has 0 aliphatic rings. The molecule has 0 bridgehead atoms. The van der Waals surface area contributed by atoms with E-state index in [1.807, 2.05) is 0 Å². The van der Waals surface area contributed by atoms with Crippen molar-refractivity contribution in [1.29, 1.82) is 0 Å². The summed E-state index contributed by atoms with van der Waals surface area (Å²) in [5.41, 5.74) is 0. The van der Waals surface area contributed by atoms with E-state index in [1.165, 1.54) is 103 Å². The van der Waals surface area contributed by atoms with Crippen LogP contribution in [0.2, 0.25) is 0 Å². The summed E-state index contributed by atoms with van der Waals surface area (Å²) in [4.78, 5) is 38.1. The maximum Gasteiger partial charge on any atom is 0.306 e. The summed E-state index contributed by atoms with van der Waals surface area (Å²) in [7, 11) is 0. The van der Waals surface area contributed by atoms with Crippen LogP contribution in [0.5, 0.6) is 0 Å². The lowest BCUT2D eigenvalue weighted by molar-refractivity contribution is -0.167. The first-order valence-corrected chi connectivity index (χ1v) is 29.1. The Labute approximate surface area is 426 Å². The van der Waals surface area contributed by atoms with E-state index in [2.05, 4.69) is 106 Å². The van der Waals surface area contributed by atoms with E-state index in [1.54, 1.807) is 0 Å². The monoisotopic (exact) mass is 961 g/mol. The van der Waals surface area contributed by atoms with E-state index in [0.29, 0.717) is 19.3 Å². The van der Waals surface area contributed by atoms with Gasteiger partial charge in [-0.2, -0.15) is 0 Å². The fourth-order valence-electron chi connectivity index (χ4n) is 7.93. The molecule has 0 aliphatic carbocycles. The van der Waals surface area contributed by atoms with Crippen molar-refractivity contribution in [3.8, 4) is 0 Å². The number of unbranched alkanes of at least 4 members (excludes halogenated alkanes) is 27. The second kappa shape index (κ2) is 57.2. The van der Waals surface area contributed by atoms with Crippen molar-refractivity contribution in [3.05, 3.63) is 85.1 Å². The molecular formula is C63H108O6. The van der Waals surface area contributed by atoms with E-state index < -0.39 is 6.10 Å². The number of carbonyl (C=O) groups excluding carboxylic acids is 3. The third-order valence-electron chi connectivity index (χ3n) is 12.3. The lowest BCUT2D eigenvalue weighted by Gasteiger charge is -2.18. The highest BCUT2D eigenvalue weighted by atomic mass is 16.6. The van der Waals surface area contributed by atoms with Crippen LogP contribution in [-0.2, 0) is 28.6 Å². The molecule has 0 spiro atoms. The summed E-state index contributed by atoms with van der Waals surface area (Å²) in [6, 6.07) is 0. The molecular weight excluding hydrogens is 853 g/mol. The first-order chi connectivity index (χ1) is 34.0. The van der Waals surface area contributed by atoms with Crippen LogP contribution in [0.4, 0.5) is 0 Å². The largest absolute Gasteiger partial charge is 0.462 e. The minimum absolute atomic E-state index is 0.0909. The van der Waals surface area contributed by atoms with E-state index in [0.717, 1.165) is 135 Å². The second-order valence-corrected chi connectivity index (χ2v) is 19.2. The number of esters is 3. The van der Waals surface area contributed by atoms with E-state index in [4.69, 9.17) is 14.2 Å². The van der Waals surface area contributed by atoms with Crippen molar-refractivity contribution in [2.24, 2.45) is 0 Å². The van der Waals surface area contributed by atoms with Crippen molar-refractivity contribution < 1.29 is 28.6 Å². The lowest BCUT2D eigenvalue weighted by atomic mass is 10.1. The fraction of sp³-hybridized carbons (Fsp3) is 0.730. The smallest absolute Gasteiger partial charge is 0.306 e. The Kier molecular flexibility index (Phi) is 54.3. The normalized spacial score (nSPS) is 12.7. The Hall–Kier alpha value is -3.41. The minimum atomic E-state index is -0.794. The van der Waals surface area contributed by atoms with Gasteiger partial charge in [-0.3, -0.25) is 14.4 Å². The zero-order chi connectivity index (χ0) is 50.0. The van der Waals surface area contributed by atoms with Crippen molar-refractivity contribution in [2.45, 2.75) is 284 Å². The molecule has 1 atom stereocenters. The summed E-state index contributed by atoms with van der Waals surface area (Å²) >= 11 is 0. The highest BCUT2D eigenvalue weighted by Crippen LogP contribution is 2.14. The van der Waals surface area contributed by atoms with Gasteiger partial charge in [-0.1, -0.05) is 228 Å². The highest BCUT2D eigenvalue weighted by Gasteiger charge is 2.19. The van der Waals surface area contributed by atoms with E-state index in [9.17, 15) is 14.4 Å². The molecule has 0 aromatic carbocycles. The summed E-state index contributed by atoms with van der Waals surface area (Å²) < 4.78 is 16.8. The molecule has 0 saturated heterocycles. The van der Waals surface area contributed by atoms with Gasteiger partial charge in [-0.25, -0.2) is 0 Å². The third-order valence-corrected chi connectivity index (χ3v) is 12.3.